The summed E-state index contributed by atoms with van der Waals surface area (Å²) in [7, 11) is 0. The second kappa shape index (κ2) is 10.0. The summed E-state index contributed by atoms with van der Waals surface area (Å²) in [5.74, 6) is 1.82. The van der Waals surface area contributed by atoms with Crippen LogP contribution in [0, 0.1) is 0 Å². The Kier molecular flexibility index (Phi) is 6.49. The Balaban J connectivity index is 1.42. The molecule has 1 unspecified atom stereocenters. The van der Waals surface area contributed by atoms with Crippen LogP contribution in [0.1, 0.15) is 25.7 Å². The van der Waals surface area contributed by atoms with Crippen LogP contribution in [-0.4, -0.2) is 34.6 Å². The van der Waals surface area contributed by atoms with Crippen molar-refractivity contribution in [2.24, 2.45) is 0 Å². The van der Waals surface area contributed by atoms with Crippen molar-refractivity contribution in [2.75, 3.05) is 13.2 Å². The van der Waals surface area contributed by atoms with Crippen molar-refractivity contribution in [3.63, 3.8) is 0 Å². The second-order valence-corrected chi connectivity index (χ2v) is 8.64. The molecular formula is C28H28N2O4. The average molecular weight is 457 g/mol. The molecule has 5 rings (SSSR count). The summed E-state index contributed by atoms with van der Waals surface area (Å²) < 4.78 is 11.8. The zero-order chi connectivity index (χ0) is 23.3. The predicted octanol–water partition coefficient (Wildman–Crippen LogP) is 6.00. The van der Waals surface area contributed by atoms with Gasteiger partial charge in [0, 0.05) is 17.2 Å². The summed E-state index contributed by atoms with van der Waals surface area (Å²) >= 11 is 0. The molecule has 6 heteroatoms. The van der Waals surface area contributed by atoms with Gasteiger partial charge in [-0.2, -0.15) is 0 Å². The van der Waals surface area contributed by atoms with E-state index in [2.05, 4.69) is 10.5 Å². The van der Waals surface area contributed by atoms with Crippen LogP contribution in [0.25, 0.3) is 33.7 Å². The number of ether oxygens (including phenoxy) is 1. The van der Waals surface area contributed by atoms with Crippen molar-refractivity contribution < 1.29 is 19.5 Å². The zero-order valence-electron chi connectivity index (χ0n) is 18.9. The molecule has 3 N–H and O–H groups in total. The molecule has 6 nitrogen and oxygen atoms in total. The normalized spacial score (nSPS) is 15.8. The van der Waals surface area contributed by atoms with Crippen molar-refractivity contribution in [1.82, 2.24) is 10.5 Å². The molecule has 1 aliphatic heterocycles. The van der Waals surface area contributed by atoms with Crippen molar-refractivity contribution >= 4 is 0 Å². The molecule has 1 fully saturated rings. The number of hydrogen-bond donors (Lipinski definition) is 3. The number of aromatic nitrogens is 1. The van der Waals surface area contributed by atoms with Crippen molar-refractivity contribution in [3.8, 4) is 51.0 Å². The van der Waals surface area contributed by atoms with E-state index in [0.29, 0.717) is 24.1 Å². The minimum absolute atomic E-state index is 0.188. The first-order chi connectivity index (χ1) is 16.7. The van der Waals surface area contributed by atoms with E-state index >= 15 is 0 Å². The van der Waals surface area contributed by atoms with E-state index in [1.807, 2.05) is 36.4 Å². The molecule has 2 heterocycles. The van der Waals surface area contributed by atoms with Crippen LogP contribution in [0.4, 0.5) is 0 Å². The first kappa shape index (κ1) is 22.0. The highest BCUT2D eigenvalue weighted by atomic mass is 16.5. The van der Waals surface area contributed by atoms with E-state index in [-0.39, 0.29) is 11.5 Å². The van der Waals surface area contributed by atoms with E-state index in [4.69, 9.17) is 9.26 Å². The van der Waals surface area contributed by atoms with Crippen LogP contribution in [0.3, 0.4) is 0 Å². The third-order valence-electron chi connectivity index (χ3n) is 6.25. The maximum atomic E-state index is 9.70. The summed E-state index contributed by atoms with van der Waals surface area (Å²) in [6, 6.07) is 22.2. The number of benzene rings is 3. The third kappa shape index (κ3) is 4.92. The molecular weight excluding hydrogens is 428 g/mol. The Bertz CT molecular complexity index is 1150. The van der Waals surface area contributed by atoms with Crippen LogP contribution in [0.2, 0.25) is 0 Å². The Morgan fingerprint density at radius 3 is 2.12 bits per heavy atom. The highest BCUT2D eigenvalue weighted by molar-refractivity contribution is 5.90. The predicted molar refractivity (Wildman–Crippen MR) is 132 cm³/mol. The molecule has 0 spiro atoms. The monoisotopic (exact) mass is 456 g/mol. The van der Waals surface area contributed by atoms with Gasteiger partial charge in [0.2, 0.25) is 0 Å². The van der Waals surface area contributed by atoms with E-state index in [1.54, 1.807) is 36.4 Å². The number of piperidine rings is 1. The zero-order valence-corrected chi connectivity index (χ0v) is 18.9. The smallest absolute Gasteiger partial charge is 0.175 e. The van der Waals surface area contributed by atoms with Crippen LogP contribution < -0.4 is 10.1 Å². The largest absolute Gasteiger partial charge is 0.508 e. The summed E-state index contributed by atoms with van der Waals surface area (Å²) in [5, 5.41) is 27.3. The molecule has 1 aromatic heterocycles. The molecule has 0 saturated carbocycles. The molecule has 1 aliphatic rings. The van der Waals surface area contributed by atoms with Crippen molar-refractivity contribution in [2.45, 2.75) is 31.7 Å². The number of phenols is 2. The number of phenolic OH excluding ortho intramolecular Hbond substituents is 2. The first-order valence-electron chi connectivity index (χ1n) is 11.7. The molecule has 34 heavy (non-hydrogen) atoms. The lowest BCUT2D eigenvalue weighted by atomic mass is 9.96. The van der Waals surface area contributed by atoms with E-state index in [0.717, 1.165) is 41.0 Å². The van der Waals surface area contributed by atoms with Crippen LogP contribution in [0.15, 0.2) is 77.3 Å². The SMILES string of the molecule is Oc1ccc(-c2noc(-c3ccc(O)cc3)c2-c2ccc(OCCC3CCCCN3)cc2)cc1. The Labute approximate surface area is 198 Å². The molecule has 4 aromatic rings. The van der Waals surface area contributed by atoms with Crippen molar-refractivity contribution in [3.05, 3.63) is 72.8 Å². The van der Waals surface area contributed by atoms with Crippen LogP contribution in [-0.2, 0) is 0 Å². The van der Waals surface area contributed by atoms with Gasteiger partial charge >= 0.3 is 0 Å². The molecule has 174 valence electrons. The lowest BCUT2D eigenvalue weighted by Crippen LogP contribution is -2.35. The molecule has 3 aromatic carbocycles. The highest BCUT2D eigenvalue weighted by Gasteiger charge is 2.21. The number of aromatic hydroxyl groups is 2. The van der Waals surface area contributed by atoms with Gasteiger partial charge in [-0.05, 0) is 92.0 Å². The van der Waals surface area contributed by atoms with E-state index in [1.165, 1.54) is 19.3 Å². The van der Waals surface area contributed by atoms with Gasteiger partial charge in [-0.25, -0.2) is 0 Å². The lowest BCUT2D eigenvalue weighted by molar-refractivity contribution is 0.268. The number of nitrogens with one attached hydrogen (secondary N) is 1. The standard InChI is InChI=1S/C28H28N2O4/c31-23-10-4-20(5-11-23)27-26(28(34-30-27)21-6-12-24(32)13-7-21)19-8-14-25(15-9-19)33-18-16-22-3-1-2-17-29-22/h4-15,22,29,31-32H,1-3,16-18H2. The maximum Gasteiger partial charge on any atom is 0.175 e. The van der Waals surface area contributed by atoms with Gasteiger partial charge in [-0.15, -0.1) is 0 Å². The van der Waals surface area contributed by atoms with Gasteiger partial charge in [-0.1, -0.05) is 23.7 Å². The topological polar surface area (TPSA) is 87.8 Å². The Morgan fingerprint density at radius 2 is 1.47 bits per heavy atom. The van der Waals surface area contributed by atoms with Crippen molar-refractivity contribution in [1.29, 1.82) is 0 Å². The summed E-state index contributed by atoms with van der Waals surface area (Å²) in [6.07, 6.45) is 4.77. The molecule has 1 saturated heterocycles. The molecule has 1 atom stereocenters. The molecule has 0 aliphatic carbocycles. The highest BCUT2D eigenvalue weighted by Crippen LogP contribution is 2.41. The fourth-order valence-corrected chi connectivity index (χ4v) is 4.39. The fourth-order valence-electron chi connectivity index (χ4n) is 4.39. The van der Waals surface area contributed by atoms with E-state index in [9.17, 15) is 10.2 Å². The van der Waals surface area contributed by atoms with Gasteiger partial charge < -0.3 is 24.8 Å². The Hall–Kier alpha value is -3.77. The average Bonchev–Trinajstić information content (AvgIpc) is 3.31. The minimum atomic E-state index is 0.188. The van der Waals surface area contributed by atoms with Crippen LogP contribution >= 0.6 is 0 Å². The van der Waals surface area contributed by atoms with Gasteiger partial charge in [0.15, 0.2) is 5.76 Å². The second-order valence-electron chi connectivity index (χ2n) is 8.64. The lowest BCUT2D eigenvalue weighted by Gasteiger charge is -2.23. The summed E-state index contributed by atoms with van der Waals surface area (Å²) in [4.78, 5) is 0. The summed E-state index contributed by atoms with van der Waals surface area (Å²) in [5.41, 5.74) is 4.11. The summed E-state index contributed by atoms with van der Waals surface area (Å²) in [6.45, 7) is 1.78. The number of nitrogens with zero attached hydrogens (tertiary/aromatic N) is 1. The third-order valence-corrected chi connectivity index (χ3v) is 6.25. The quantitative estimate of drug-likeness (QED) is 0.316. The molecule has 0 amide bonds. The van der Waals surface area contributed by atoms with Gasteiger partial charge in [0.25, 0.3) is 0 Å². The Morgan fingerprint density at radius 1 is 0.824 bits per heavy atom. The van der Waals surface area contributed by atoms with Gasteiger partial charge in [-0.3, -0.25) is 0 Å². The van der Waals surface area contributed by atoms with Gasteiger partial charge in [0.1, 0.15) is 22.9 Å². The number of hydrogen-bond acceptors (Lipinski definition) is 6. The van der Waals surface area contributed by atoms with Gasteiger partial charge in [0.05, 0.1) is 12.2 Å². The maximum absolute atomic E-state index is 9.70. The molecule has 0 bridgehead atoms. The minimum Gasteiger partial charge on any atom is -0.508 e. The number of rotatable bonds is 7. The first-order valence-corrected chi connectivity index (χ1v) is 11.7. The van der Waals surface area contributed by atoms with Crippen LogP contribution in [0.5, 0.6) is 17.2 Å². The fraction of sp³-hybridized carbons (Fsp3) is 0.250. The molecule has 0 radical (unpaired) electrons. The van der Waals surface area contributed by atoms with E-state index < -0.39 is 0 Å².